The number of para-hydroxylation sites is 1. The predicted molar refractivity (Wildman–Crippen MR) is 99.6 cm³/mol. The molecule has 1 unspecified atom stereocenters. The zero-order chi connectivity index (χ0) is 17.4. The molecule has 0 aliphatic rings. The van der Waals surface area contributed by atoms with Crippen LogP contribution in [0.1, 0.15) is 44.4 Å². The van der Waals surface area contributed by atoms with Crippen molar-refractivity contribution in [2.45, 2.75) is 39.8 Å². The molecule has 130 valence electrons. The first-order valence-corrected chi connectivity index (χ1v) is 8.72. The third-order valence-corrected chi connectivity index (χ3v) is 3.99. The Bertz CT molecular complexity index is 610. The summed E-state index contributed by atoms with van der Waals surface area (Å²) in [4.78, 5) is 0. The lowest BCUT2D eigenvalue weighted by Gasteiger charge is -2.20. The lowest BCUT2D eigenvalue weighted by molar-refractivity contribution is 0.253. The van der Waals surface area contributed by atoms with Gasteiger partial charge in [-0.1, -0.05) is 63.2 Å². The summed E-state index contributed by atoms with van der Waals surface area (Å²) in [5, 5.41) is 3.65. The van der Waals surface area contributed by atoms with Gasteiger partial charge in [0.05, 0.1) is 13.7 Å². The fourth-order valence-corrected chi connectivity index (χ4v) is 2.69. The van der Waals surface area contributed by atoms with Crippen molar-refractivity contribution >= 4 is 0 Å². The molecule has 0 spiro atoms. The van der Waals surface area contributed by atoms with Crippen LogP contribution in [-0.2, 0) is 6.54 Å². The molecule has 0 bridgehead atoms. The number of hydrogen-bond donors (Lipinski definition) is 1. The van der Waals surface area contributed by atoms with Crippen molar-refractivity contribution in [3.63, 3.8) is 0 Å². The van der Waals surface area contributed by atoms with Gasteiger partial charge in [0.1, 0.15) is 0 Å². The molecule has 24 heavy (non-hydrogen) atoms. The highest BCUT2D eigenvalue weighted by atomic mass is 16.5. The summed E-state index contributed by atoms with van der Waals surface area (Å²) in [5.41, 5.74) is 2.44. The average molecular weight is 327 g/mol. The molecule has 2 aromatic rings. The number of benzene rings is 2. The first-order valence-electron chi connectivity index (χ1n) is 8.72. The Balaban J connectivity index is 2.13. The van der Waals surface area contributed by atoms with Gasteiger partial charge in [0.15, 0.2) is 11.5 Å². The van der Waals surface area contributed by atoms with Crippen LogP contribution in [-0.4, -0.2) is 13.7 Å². The quantitative estimate of drug-likeness (QED) is 0.705. The standard InChI is InChI=1S/C21H29NO2/c1-5-19(17-10-7-6-8-11-17)22-14-18-12-9-13-20(23-4)21(18)24-15-16(2)3/h6-13,16,19,22H,5,14-15H2,1-4H3. The highest BCUT2D eigenvalue weighted by molar-refractivity contribution is 5.46. The third-order valence-electron chi connectivity index (χ3n) is 3.99. The molecule has 0 saturated carbocycles. The number of methoxy groups -OCH3 is 1. The maximum atomic E-state index is 6.03. The van der Waals surface area contributed by atoms with E-state index in [0.29, 0.717) is 18.6 Å². The van der Waals surface area contributed by atoms with E-state index in [0.717, 1.165) is 30.0 Å². The normalized spacial score (nSPS) is 12.2. The van der Waals surface area contributed by atoms with Crippen LogP contribution in [0.15, 0.2) is 48.5 Å². The zero-order valence-electron chi connectivity index (χ0n) is 15.2. The van der Waals surface area contributed by atoms with Gasteiger partial charge < -0.3 is 14.8 Å². The van der Waals surface area contributed by atoms with E-state index >= 15 is 0 Å². The molecule has 0 aliphatic carbocycles. The average Bonchev–Trinajstić information content (AvgIpc) is 2.61. The first kappa shape index (κ1) is 18.3. The van der Waals surface area contributed by atoms with Gasteiger partial charge in [-0.05, 0) is 24.0 Å². The molecule has 0 amide bonds. The Labute approximate surface area is 146 Å². The Morgan fingerprint density at radius 1 is 1.00 bits per heavy atom. The molecule has 0 aromatic heterocycles. The van der Waals surface area contributed by atoms with E-state index in [9.17, 15) is 0 Å². The van der Waals surface area contributed by atoms with Crippen molar-refractivity contribution in [1.29, 1.82) is 0 Å². The van der Waals surface area contributed by atoms with Gasteiger partial charge in [0.2, 0.25) is 0 Å². The van der Waals surface area contributed by atoms with E-state index in [2.05, 4.69) is 62.5 Å². The molecule has 1 atom stereocenters. The summed E-state index contributed by atoms with van der Waals surface area (Å²) in [6.07, 6.45) is 1.04. The van der Waals surface area contributed by atoms with Gasteiger partial charge in [0, 0.05) is 18.2 Å². The van der Waals surface area contributed by atoms with E-state index in [1.165, 1.54) is 5.56 Å². The van der Waals surface area contributed by atoms with Crippen molar-refractivity contribution in [2.24, 2.45) is 5.92 Å². The van der Waals surface area contributed by atoms with Gasteiger partial charge in [-0.15, -0.1) is 0 Å². The van der Waals surface area contributed by atoms with E-state index in [1.54, 1.807) is 7.11 Å². The number of rotatable bonds is 9. The topological polar surface area (TPSA) is 30.5 Å². The van der Waals surface area contributed by atoms with Crippen LogP contribution in [0.3, 0.4) is 0 Å². The van der Waals surface area contributed by atoms with Crippen LogP contribution < -0.4 is 14.8 Å². The Morgan fingerprint density at radius 3 is 2.38 bits per heavy atom. The van der Waals surface area contributed by atoms with Gasteiger partial charge in [-0.3, -0.25) is 0 Å². The molecule has 1 N–H and O–H groups in total. The second-order valence-corrected chi connectivity index (χ2v) is 6.41. The Hall–Kier alpha value is -2.00. The molecule has 0 saturated heterocycles. The Kier molecular flexibility index (Phi) is 7.13. The van der Waals surface area contributed by atoms with E-state index in [-0.39, 0.29) is 0 Å². The lowest BCUT2D eigenvalue weighted by atomic mass is 10.0. The maximum absolute atomic E-state index is 6.03. The minimum absolute atomic E-state index is 0.329. The van der Waals surface area contributed by atoms with Crippen molar-refractivity contribution in [3.8, 4) is 11.5 Å². The summed E-state index contributed by atoms with van der Waals surface area (Å²) in [7, 11) is 1.69. The highest BCUT2D eigenvalue weighted by Gasteiger charge is 2.14. The van der Waals surface area contributed by atoms with Gasteiger partial charge in [-0.25, -0.2) is 0 Å². The van der Waals surface area contributed by atoms with Crippen LogP contribution in [0.2, 0.25) is 0 Å². The first-order chi connectivity index (χ1) is 11.7. The van der Waals surface area contributed by atoms with Crippen LogP contribution >= 0.6 is 0 Å². The van der Waals surface area contributed by atoms with E-state index in [1.807, 2.05) is 12.1 Å². The number of hydrogen-bond acceptors (Lipinski definition) is 3. The molecule has 0 aliphatic heterocycles. The summed E-state index contributed by atoms with van der Waals surface area (Å²) in [5.74, 6) is 2.12. The largest absolute Gasteiger partial charge is 0.493 e. The Morgan fingerprint density at radius 2 is 1.75 bits per heavy atom. The SMILES string of the molecule is CCC(NCc1cccc(OC)c1OCC(C)C)c1ccccc1. The summed E-state index contributed by atoms with van der Waals surface area (Å²) >= 11 is 0. The molecular formula is C21H29NO2. The summed E-state index contributed by atoms with van der Waals surface area (Å²) in [6, 6.07) is 17.0. The fraction of sp³-hybridized carbons (Fsp3) is 0.429. The van der Waals surface area contributed by atoms with Crippen LogP contribution in [0.5, 0.6) is 11.5 Å². The van der Waals surface area contributed by atoms with Crippen molar-refractivity contribution < 1.29 is 9.47 Å². The molecule has 2 rings (SSSR count). The predicted octanol–water partition coefficient (Wildman–Crippen LogP) is 4.97. The van der Waals surface area contributed by atoms with Crippen molar-refractivity contribution in [3.05, 3.63) is 59.7 Å². The number of ether oxygens (including phenoxy) is 2. The van der Waals surface area contributed by atoms with Gasteiger partial charge >= 0.3 is 0 Å². The second kappa shape index (κ2) is 9.33. The third kappa shape index (κ3) is 5.00. The smallest absolute Gasteiger partial charge is 0.165 e. The lowest BCUT2D eigenvalue weighted by Crippen LogP contribution is -2.21. The molecule has 3 nitrogen and oxygen atoms in total. The molecule has 0 heterocycles. The second-order valence-electron chi connectivity index (χ2n) is 6.41. The van der Waals surface area contributed by atoms with E-state index < -0.39 is 0 Å². The van der Waals surface area contributed by atoms with Crippen molar-refractivity contribution in [1.82, 2.24) is 5.32 Å². The molecular weight excluding hydrogens is 298 g/mol. The van der Waals surface area contributed by atoms with E-state index in [4.69, 9.17) is 9.47 Å². The van der Waals surface area contributed by atoms with Crippen LogP contribution in [0.25, 0.3) is 0 Å². The maximum Gasteiger partial charge on any atom is 0.165 e. The molecule has 3 heteroatoms. The van der Waals surface area contributed by atoms with Crippen LogP contribution in [0.4, 0.5) is 0 Å². The monoisotopic (exact) mass is 327 g/mol. The summed E-state index contributed by atoms with van der Waals surface area (Å²) < 4.78 is 11.5. The minimum Gasteiger partial charge on any atom is -0.493 e. The molecule has 0 fully saturated rings. The molecule has 2 aromatic carbocycles. The van der Waals surface area contributed by atoms with Gasteiger partial charge in [0.25, 0.3) is 0 Å². The van der Waals surface area contributed by atoms with Gasteiger partial charge in [-0.2, -0.15) is 0 Å². The zero-order valence-corrected chi connectivity index (χ0v) is 15.2. The van der Waals surface area contributed by atoms with Crippen LogP contribution in [0, 0.1) is 5.92 Å². The summed E-state index contributed by atoms with van der Waals surface area (Å²) in [6.45, 7) is 7.93. The minimum atomic E-state index is 0.329. The molecule has 0 radical (unpaired) electrons. The van der Waals surface area contributed by atoms with Crippen molar-refractivity contribution in [2.75, 3.05) is 13.7 Å². The highest BCUT2D eigenvalue weighted by Crippen LogP contribution is 2.32. The fourth-order valence-electron chi connectivity index (χ4n) is 2.69. The number of nitrogens with one attached hydrogen (secondary N) is 1.